The summed E-state index contributed by atoms with van der Waals surface area (Å²) in [5.74, 6) is 0.705. The van der Waals surface area contributed by atoms with Gasteiger partial charge in [0.05, 0.1) is 12.5 Å². The van der Waals surface area contributed by atoms with Crippen molar-refractivity contribution in [2.24, 2.45) is 0 Å². The minimum atomic E-state index is -0.956. The van der Waals surface area contributed by atoms with Crippen molar-refractivity contribution in [1.82, 2.24) is 10.2 Å². The van der Waals surface area contributed by atoms with Crippen LogP contribution in [0.4, 0.5) is 4.79 Å². The Morgan fingerprint density at radius 2 is 2.14 bits per heavy atom. The molecular formula is C14H18N2O4S. The molecule has 1 fully saturated rings. The zero-order chi connectivity index (χ0) is 15.1. The second kappa shape index (κ2) is 7.78. The third-order valence-corrected chi connectivity index (χ3v) is 4.05. The van der Waals surface area contributed by atoms with Gasteiger partial charge in [-0.3, -0.25) is 0 Å². The van der Waals surface area contributed by atoms with E-state index in [-0.39, 0.29) is 6.03 Å². The summed E-state index contributed by atoms with van der Waals surface area (Å²) in [4.78, 5) is 24.2. The Morgan fingerprint density at radius 3 is 2.86 bits per heavy atom. The summed E-state index contributed by atoms with van der Waals surface area (Å²) in [6, 6.07) is 8.40. The van der Waals surface area contributed by atoms with Gasteiger partial charge in [-0.2, -0.15) is 0 Å². The molecule has 0 saturated carbocycles. The molecule has 0 radical (unpaired) electrons. The maximum Gasteiger partial charge on any atom is 0.327 e. The van der Waals surface area contributed by atoms with Gasteiger partial charge >= 0.3 is 12.0 Å². The standard InChI is InChI=1S/C14H18N2O4S/c17-13(18)12-9-21-10-16(12)14(19)15-7-4-8-20-11-5-2-1-3-6-11/h1-3,5-6,12H,4,7-10H2,(H,15,19)(H,17,18)/t12-/m0/s1. The van der Waals surface area contributed by atoms with E-state index in [2.05, 4.69) is 5.32 Å². The predicted molar refractivity (Wildman–Crippen MR) is 80.5 cm³/mol. The van der Waals surface area contributed by atoms with Crippen LogP contribution in [-0.4, -0.2) is 52.8 Å². The van der Waals surface area contributed by atoms with Crippen LogP contribution in [0.5, 0.6) is 5.75 Å². The normalized spacial score (nSPS) is 17.5. The van der Waals surface area contributed by atoms with Crippen molar-refractivity contribution >= 4 is 23.8 Å². The summed E-state index contributed by atoms with van der Waals surface area (Å²) in [6.45, 7) is 0.959. The van der Waals surface area contributed by atoms with Crippen molar-refractivity contribution in [1.29, 1.82) is 0 Å². The number of hydrogen-bond acceptors (Lipinski definition) is 4. The van der Waals surface area contributed by atoms with Gasteiger partial charge in [-0.1, -0.05) is 18.2 Å². The second-order valence-corrected chi connectivity index (χ2v) is 5.57. The Kier molecular flexibility index (Phi) is 5.74. The van der Waals surface area contributed by atoms with Crippen LogP contribution in [0.25, 0.3) is 0 Å². The van der Waals surface area contributed by atoms with Crippen molar-refractivity contribution in [3.05, 3.63) is 30.3 Å². The van der Waals surface area contributed by atoms with E-state index in [1.165, 1.54) is 16.7 Å². The smallest absolute Gasteiger partial charge is 0.327 e. The molecule has 1 aromatic carbocycles. The number of hydrogen-bond donors (Lipinski definition) is 2. The molecule has 1 saturated heterocycles. The van der Waals surface area contributed by atoms with E-state index in [4.69, 9.17) is 9.84 Å². The Morgan fingerprint density at radius 1 is 1.38 bits per heavy atom. The first kappa shape index (κ1) is 15.5. The first-order valence-corrected chi connectivity index (χ1v) is 7.87. The van der Waals surface area contributed by atoms with Gasteiger partial charge in [-0.05, 0) is 18.6 Å². The highest BCUT2D eigenvalue weighted by molar-refractivity contribution is 7.99. The molecule has 0 bridgehead atoms. The van der Waals surface area contributed by atoms with Gasteiger partial charge in [-0.15, -0.1) is 11.8 Å². The molecule has 1 atom stereocenters. The quantitative estimate of drug-likeness (QED) is 0.781. The molecule has 0 spiro atoms. The fourth-order valence-corrected chi connectivity index (χ4v) is 3.07. The number of nitrogens with zero attached hydrogens (tertiary/aromatic N) is 1. The van der Waals surface area contributed by atoms with Crippen molar-refractivity contribution in [2.75, 3.05) is 24.8 Å². The number of para-hydroxylation sites is 1. The number of aliphatic carboxylic acids is 1. The average Bonchev–Trinajstić information content (AvgIpc) is 2.97. The summed E-state index contributed by atoms with van der Waals surface area (Å²) >= 11 is 1.45. The fraction of sp³-hybridized carbons (Fsp3) is 0.429. The van der Waals surface area contributed by atoms with E-state index in [0.29, 0.717) is 31.2 Å². The van der Waals surface area contributed by atoms with Gasteiger partial charge in [-0.25, -0.2) is 9.59 Å². The summed E-state index contributed by atoms with van der Waals surface area (Å²) in [7, 11) is 0. The number of amides is 2. The predicted octanol–water partition coefficient (Wildman–Crippen LogP) is 1.62. The number of urea groups is 1. The largest absolute Gasteiger partial charge is 0.494 e. The summed E-state index contributed by atoms with van der Waals surface area (Å²) in [5, 5.41) is 11.7. The Hall–Kier alpha value is -1.89. The number of rotatable bonds is 6. The lowest BCUT2D eigenvalue weighted by Crippen LogP contribution is -2.47. The molecule has 1 aliphatic rings. The zero-order valence-corrected chi connectivity index (χ0v) is 12.3. The molecule has 0 aromatic heterocycles. The first-order chi connectivity index (χ1) is 10.2. The van der Waals surface area contributed by atoms with Crippen molar-refractivity contribution in [2.45, 2.75) is 12.5 Å². The van der Waals surface area contributed by atoms with Crippen LogP contribution in [-0.2, 0) is 4.79 Å². The van der Waals surface area contributed by atoms with Gasteiger partial charge in [0.15, 0.2) is 0 Å². The third kappa shape index (κ3) is 4.56. The molecule has 1 aliphatic heterocycles. The maximum atomic E-state index is 11.9. The summed E-state index contributed by atoms with van der Waals surface area (Å²) < 4.78 is 5.51. The number of thioether (sulfide) groups is 1. The van der Waals surface area contributed by atoms with Gasteiger partial charge in [0.25, 0.3) is 0 Å². The molecule has 21 heavy (non-hydrogen) atoms. The number of ether oxygens (including phenoxy) is 1. The molecular weight excluding hydrogens is 292 g/mol. The van der Waals surface area contributed by atoms with Gasteiger partial charge in [0.2, 0.25) is 0 Å². The second-order valence-electron chi connectivity index (χ2n) is 4.57. The van der Waals surface area contributed by atoms with E-state index >= 15 is 0 Å². The van der Waals surface area contributed by atoms with Crippen molar-refractivity contribution < 1.29 is 19.4 Å². The Balaban J connectivity index is 1.64. The zero-order valence-electron chi connectivity index (χ0n) is 11.5. The highest BCUT2D eigenvalue weighted by Gasteiger charge is 2.34. The van der Waals surface area contributed by atoms with Crippen LogP contribution in [0.2, 0.25) is 0 Å². The lowest BCUT2D eigenvalue weighted by molar-refractivity contribution is -0.140. The highest BCUT2D eigenvalue weighted by Crippen LogP contribution is 2.20. The molecule has 1 heterocycles. The molecule has 0 aliphatic carbocycles. The van der Waals surface area contributed by atoms with E-state index in [1.807, 2.05) is 30.3 Å². The molecule has 7 heteroatoms. The number of carboxylic acid groups (broad SMARTS) is 1. The topological polar surface area (TPSA) is 78.9 Å². The van der Waals surface area contributed by atoms with Crippen LogP contribution >= 0.6 is 11.8 Å². The van der Waals surface area contributed by atoms with Crippen LogP contribution in [0.1, 0.15) is 6.42 Å². The lowest BCUT2D eigenvalue weighted by Gasteiger charge is -2.20. The lowest BCUT2D eigenvalue weighted by atomic mass is 10.3. The van der Waals surface area contributed by atoms with E-state index in [1.54, 1.807) is 0 Å². The summed E-state index contributed by atoms with van der Waals surface area (Å²) in [5.41, 5.74) is 0. The van der Waals surface area contributed by atoms with E-state index in [0.717, 1.165) is 5.75 Å². The van der Waals surface area contributed by atoms with Crippen molar-refractivity contribution in [3.8, 4) is 5.75 Å². The van der Waals surface area contributed by atoms with Crippen LogP contribution < -0.4 is 10.1 Å². The van der Waals surface area contributed by atoms with E-state index in [9.17, 15) is 9.59 Å². The number of carboxylic acids is 1. The number of carbonyl (C=O) groups excluding carboxylic acids is 1. The van der Waals surface area contributed by atoms with Crippen molar-refractivity contribution in [3.63, 3.8) is 0 Å². The van der Waals surface area contributed by atoms with Gasteiger partial charge in [0, 0.05) is 12.3 Å². The van der Waals surface area contributed by atoms with Crippen LogP contribution in [0, 0.1) is 0 Å². The molecule has 1 aromatic rings. The third-order valence-electron chi connectivity index (χ3n) is 3.04. The highest BCUT2D eigenvalue weighted by atomic mass is 32.2. The molecule has 2 amide bonds. The number of benzene rings is 1. The molecule has 2 N–H and O–H groups in total. The molecule has 0 unspecified atom stereocenters. The van der Waals surface area contributed by atoms with Gasteiger partial charge < -0.3 is 20.1 Å². The Labute approximate surface area is 127 Å². The molecule has 6 nitrogen and oxygen atoms in total. The van der Waals surface area contributed by atoms with Gasteiger partial charge in [0.1, 0.15) is 11.8 Å². The molecule has 114 valence electrons. The average molecular weight is 310 g/mol. The monoisotopic (exact) mass is 310 g/mol. The van der Waals surface area contributed by atoms with Crippen LogP contribution in [0.15, 0.2) is 30.3 Å². The fourth-order valence-electron chi connectivity index (χ4n) is 1.92. The minimum Gasteiger partial charge on any atom is -0.494 e. The first-order valence-electron chi connectivity index (χ1n) is 6.71. The molecule has 2 rings (SSSR count). The summed E-state index contributed by atoms with van der Waals surface area (Å²) in [6.07, 6.45) is 0.666. The van der Waals surface area contributed by atoms with Crippen LogP contribution in [0.3, 0.4) is 0 Å². The Bertz CT molecular complexity index is 483. The SMILES string of the molecule is O=C(O)[C@@H]1CSCN1C(=O)NCCCOc1ccccc1. The number of carbonyl (C=O) groups is 2. The number of nitrogens with one attached hydrogen (secondary N) is 1. The van der Waals surface area contributed by atoms with E-state index < -0.39 is 12.0 Å². The minimum absolute atomic E-state index is 0.327. The maximum absolute atomic E-state index is 11.9.